The minimum atomic E-state index is -0.274. The van der Waals surface area contributed by atoms with Gasteiger partial charge in [-0.1, -0.05) is 77.9 Å². The van der Waals surface area contributed by atoms with Crippen molar-refractivity contribution in [2.24, 2.45) is 0 Å². The van der Waals surface area contributed by atoms with Crippen LogP contribution in [0, 0.1) is 0 Å². The van der Waals surface area contributed by atoms with Crippen LogP contribution < -0.4 is 0 Å². The number of ether oxygens (including phenoxy) is 1. The first kappa shape index (κ1) is 20.9. The molecule has 0 aromatic heterocycles. The van der Waals surface area contributed by atoms with Crippen LogP contribution in [-0.4, -0.2) is 23.1 Å². The Morgan fingerprint density at radius 3 is 2.07 bits per heavy atom. The first-order chi connectivity index (χ1) is 12.9. The third kappa shape index (κ3) is 3.83. The molecule has 2 aromatic rings. The normalized spacial score (nSPS) is 23.9. The fourth-order valence-electron chi connectivity index (χ4n) is 3.92. The number of aromatic hydroxyl groups is 1. The van der Waals surface area contributed by atoms with E-state index in [1.54, 1.807) is 0 Å². The molecule has 2 aromatic carbocycles. The highest BCUT2D eigenvalue weighted by Gasteiger charge is 2.41. The summed E-state index contributed by atoms with van der Waals surface area (Å²) < 4.78 is 6.54. The molecular weight excluding hydrogens is 346 g/mol. The minimum Gasteiger partial charge on any atom is -0.507 e. The van der Waals surface area contributed by atoms with Crippen molar-refractivity contribution in [3.8, 4) is 5.75 Å². The first-order valence-electron chi connectivity index (χ1n) is 10.2. The molecule has 3 atom stereocenters. The third-order valence-corrected chi connectivity index (χ3v) is 5.93. The Bertz CT molecular complexity index is 830. The van der Waals surface area contributed by atoms with Crippen molar-refractivity contribution in [2.45, 2.75) is 77.7 Å². The highest BCUT2D eigenvalue weighted by molar-refractivity contribution is 5.50. The van der Waals surface area contributed by atoms with E-state index in [-0.39, 0.29) is 29.2 Å². The van der Waals surface area contributed by atoms with Crippen LogP contribution >= 0.6 is 0 Å². The maximum absolute atomic E-state index is 11.2. The van der Waals surface area contributed by atoms with Crippen molar-refractivity contribution < 1.29 is 9.84 Å². The van der Waals surface area contributed by atoms with E-state index in [2.05, 4.69) is 84.7 Å². The second-order valence-corrected chi connectivity index (χ2v) is 10.2. The SMILES string of the molecule is C[C@H]1C(c2ccccc2)O[C@@H](c2cc(C(C)(C)C)cc(C(C)(C)C)c2O)N1C. The monoisotopic (exact) mass is 381 g/mol. The van der Waals surface area contributed by atoms with Gasteiger partial charge >= 0.3 is 0 Å². The molecule has 1 unspecified atom stereocenters. The molecule has 0 aliphatic carbocycles. The van der Waals surface area contributed by atoms with Gasteiger partial charge in [0.25, 0.3) is 0 Å². The van der Waals surface area contributed by atoms with Crippen LogP contribution in [0.1, 0.15) is 83.1 Å². The van der Waals surface area contributed by atoms with Gasteiger partial charge in [-0.15, -0.1) is 0 Å². The molecule has 3 heteroatoms. The van der Waals surface area contributed by atoms with Crippen LogP contribution in [-0.2, 0) is 15.6 Å². The predicted octanol–water partition coefficient (Wildman–Crippen LogP) is 6.08. The average Bonchev–Trinajstić information content (AvgIpc) is 2.89. The molecular formula is C25H35NO2. The second-order valence-electron chi connectivity index (χ2n) is 10.2. The average molecular weight is 382 g/mol. The number of nitrogens with zero attached hydrogens (tertiary/aromatic N) is 1. The number of rotatable bonds is 2. The van der Waals surface area contributed by atoms with Gasteiger partial charge in [-0.3, -0.25) is 4.90 Å². The van der Waals surface area contributed by atoms with Gasteiger partial charge in [0.2, 0.25) is 0 Å². The lowest BCUT2D eigenvalue weighted by atomic mass is 9.78. The van der Waals surface area contributed by atoms with Crippen LogP contribution in [0.15, 0.2) is 42.5 Å². The summed E-state index contributed by atoms with van der Waals surface area (Å²) in [5, 5.41) is 11.2. The zero-order valence-electron chi connectivity index (χ0n) is 18.6. The smallest absolute Gasteiger partial charge is 0.141 e. The largest absolute Gasteiger partial charge is 0.507 e. The first-order valence-corrected chi connectivity index (χ1v) is 10.2. The van der Waals surface area contributed by atoms with Crippen molar-refractivity contribution in [3.05, 3.63) is 64.7 Å². The minimum absolute atomic E-state index is 0.00985. The molecule has 0 saturated carbocycles. The number of phenolic OH excluding ortho intramolecular Hbond substituents is 1. The molecule has 1 aliphatic heterocycles. The summed E-state index contributed by atoms with van der Waals surface area (Å²) in [4.78, 5) is 2.23. The summed E-state index contributed by atoms with van der Waals surface area (Å²) in [6.07, 6.45) is -0.296. The van der Waals surface area contributed by atoms with Crippen LogP contribution in [0.5, 0.6) is 5.75 Å². The predicted molar refractivity (Wildman–Crippen MR) is 116 cm³/mol. The lowest BCUT2D eigenvalue weighted by Crippen LogP contribution is -2.28. The van der Waals surface area contributed by atoms with Gasteiger partial charge < -0.3 is 9.84 Å². The summed E-state index contributed by atoms with van der Waals surface area (Å²) in [6.45, 7) is 15.3. The summed E-state index contributed by atoms with van der Waals surface area (Å²) in [5.74, 6) is 0.360. The van der Waals surface area contributed by atoms with E-state index in [0.29, 0.717) is 5.75 Å². The highest BCUT2D eigenvalue weighted by atomic mass is 16.5. The lowest BCUT2D eigenvalue weighted by Gasteiger charge is -2.30. The van der Waals surface area contributed by atoms with E-state index in [1.165, 1.54) is 11.1 Å². The molecule has 152 valence electrons. The molecule has 0 radical (unpaired) electrons. The van der Waals surface area contributed by atoms with Crippen LogP contribution in [0.2, 0.25) is 0 Å². The van der Waals surface area contributed by atoms with Crippen molar-refractivity contribution >= 4 is 0 Å². The van der Waals surface area contributed by atoms with E-state index in [4.69, 9.17) is 4.74 Å². The molecule has 1 N–H and O–H groups in total. The zero-order valence-corrected chi connectivity index (χ0v) is 18.6. The number of hydrogen-bond acceptors (Lipinski definition) is 3. The highest BCUT2D eigenvalue weighted by Crippen LogP contribution is 2.47. The summed E-state index contributed by atoms with van der Waals surface area (Å²) in [6, 6.07) is 14.9. The molecule has 3 rings (SSSR count). The quantitative estimate of drug-likeness (QED) is 0.684. The maximum atomic E-state index is 11.2. The fourth-order valence-corrected chi connectivity index (χ4v) is 3.92. The van der Waals surface area contributed by atoms with Crippen LogP contribution in [0.4, 0.5) is 0 Å². The van der Waals surface area contributed by atoms with E-state index in [1.807, 2.05) is 18.2 Å². The van der Waals surface area contributed by atoms with Crippen molar-refractivity contribution in [1.29, 1.82) is 0 Å². The Labute approximate surface area is 170 Å². The van der Waals surface area contributed by atoms with E-state index in [9.17, 15) is 5.11 Å². The van der Waals surface area contributed by atoms with Gasteiger partial charge in [0.1, 0.15) is 18.1 Å². The Hall–Kier alpha value is -1.84. The van der Waals surface area contributed by atoms with Crippen molar-refractivity contribution in [1.82, 2.24) is 4.90 Å². The van der Waals surface area contributed by atoms with Gasteiger partial charge in [0, 0.05) is 11.6 Å². The van der Waals surface area contributed by atoms with E-state index < -0.39 is 0 Å². The molecule has 1 saturated heterocycles. The topological polar surface area (TPSA) is 32.7 Å². The Morgan fingerprint density at radius 2 is 1.54 bits per heavy atom. The summed E-state index contributed by atoms with van der Waals surface area (Å²) >= 11 is 0. The van der Waals surface area contributed by atoms with Gasteiger partial charge in [-0.2, -0.15) is 0 Å². The van der Waals surface area contributed by atoms with Gasteiger partial charge in [-0.25, -0.2) is 0 Å². The Balaban J connectivity index is 2.10. The molecule has 1 heterocycles. The molecule has 1 fully saturated rings. The van der Waals surface area contributed by atoms with Crippen LogP contribution in [0.25, 0.3) is 0 Å². The van der Waals surface area contributed by atoms with Crippen LogP contribution in [0.3, 0.4) is 0 Å². The number of likely N-dealkylation sites (N-methyl/N-ethyl adjacent to an activating group) is 1. The van der Waals surface area contributed by atoms with Gasteiger partial charge in [-0.05, 0) is 47.6 Å². The van der Waals surface area contributed by atoms with Crippen molar-refractivity contribution in [2.75, 3.05) is 7.05 Å². The molecule has 1 aliphatic rings. The number of phenols is 1. The molecule has 3 nitrogen and oxygen atoms in total. The maximum Gasteiger partial charge on any atom is 0.141 e. The summed E-state index contributed by atoms with van der Waals surface area (Å²) in [7, 11) is 2.08. The third-order valence-electron chi connectivity index (χ3n) is 5.93. The molecule has 0 bridgehead atoms. The number of hydrogen-bond donors (Lipinski definition) is 1. The standard InChI is InChI=1S/C25H35NO2/c1-16-22(17-12-10-9-11-13-17)28-23(26(16)8)19-14-18(24(2,3)4)15-20(21(19)27)25(5,6)7/h9-16,22-23,27H,1-8H3/t16-,22?,23-/m0/s1. The van der Waals surface area contributed by atoms with E-state index >= 15 is 0 Å². The molecule has 0 spiro atoms. The van der Waals surface area contributed by atoms with E-state index in [0.717, 1.165) is 11.1 Å². The Kier molecular flexibility index (Phi) is 5.37. The fraction of sp³-hybridized carbons (Fsp3) is 0.520. The Morgan fingerprint density at radius 1 is 0.929 bits per heavy atom. The van der Waals surface area contributed by atoms with Gasteiger partial charge in [0.15, 0.2) is 0 Å². The zero-order chi connectivity index (χ0) is 20.9. The second kappa shape index (κ2) is 7.20. The molecule has 28 heavy (non-hydrogen) atoms. The summed E-state index contributed by atoms with van der Waals surface area (Å²) in [5.41, 5.74) is 4.07. The number of benzene rings is 2. The lowest BCUT2D eigenvalue weighted by molar-refractivity contribution is 0.00396. The van der Waals surface area contributed by atoms with Gasteiger partial charge in [0.05, 0.1) is 0 Å². The van der Waals surface area contributed by atoms with Crippen molar-refractivity contribution in [3.63, 3.8) is 0 Å². The molecule has 0 amide bonds.